The Labute approximate surface area is 122 Å². The standard InChI is InChI=1S/C18H15F2N/c19-12-9-7-11(8-10-12)17-14-4-1-3-13(14)15-5-2-6-16(20)18(15)21-17/h1-3,5-10,13-14,17,21H,4H2/t13-,14+,17+/m1/s1. The molecule has 106 valence electrons. The lowest BCUT2D eigenvalue weighted by atomic mass is 9.77. The molecule has 1 heterocycles. The summed E-state index contributed by atoms with van der Waals surface area (Å²) in [6.45, 7) is 0. The van der Waals surface area contributed by atoms with Crippen molar-refractivity contribution < 1.29 is 8.78 Å². The van der Waals surface area contributed by atoms with Gasteiger partial charge in [-0.05, 0) is 41.7 Å². The molecular weight excluding hydrogens is 268 g/mol. The van der Waals surface area contributed by atoms with Gasteiger partial charge >= 0.3 is 0 Å². The zero-order valence-corrected chi connectivity index (χ0v) is 11.4. The summed E-state index contributed by atoms with van der Waals surface area (Å²) in [6.07, 6.45) is 5.28. The molecule has 0 aromatic heterocycles. The predicted molar refractivity (Wildman–Crippen MR) is 79.2 cm³/mol. The normalized spacial score (nSPS) is 26.1. The third-order valence-electron chi connectivity index (χ3n) is 4.58. The Bertz CT molecular complexity index is 706. The van der Waals surface area contributed by atoms with Crippen LogP contribution in [0.2, 0.25) is 0 Å². The highest BCUT2D eigenvalue weighted by molar-refractivity contribution is 5.60. The van der Waals surface area contributed by atoms with Gasteiger partial charge in [-0.2, -0.15) is 0 Å². The van der Waals surface area contributed by atoms with E-state index in [0.29, 0.717) is 11.6 Å². The van der Waals surface area contributed by atoms with Gasteiger partial charge in [-0.3, -0.25) is 0 Å². The Balaban J connectivity index is 1.81. The highest BCUT2D eigenvalue weighted by Gasteiger charge is 2.38. The van der Waals surface area contributed by atoms with Gasteiger partial charge in [-0.15, -0.1) is 0 Å². The molecule has 0 saturated heterocycles. The van der Waals surface area contributed by atoms with Gasteiger partial charge in [0.2, 0.25) is 0 Å². The van der Waals surface area contributed by atoms with Gasteiger partial charge < -0.3 is 5.32 Å². The lowest BCUT2D eigenvalue weighted by molar-refractivity contribution is 0.420. The summed E-state index contributed by atoms with van der Waals surface area (Å²) in [4.78, 5) is 0. The number of para-hydroxylation sites is 1. The number of nitrogens with one attached hydrogen (secondary N) is 1. The topological polar surface area (TPSA) is 12.0 Å². The van der Waals surface area contributed by atoms with E-state index in [-0.39, 0.29) is 23.6 Å². The predicted octanol–water partition coefficient (Wildman–Crippen LogP) is 4.79. The summed E-state index contributed by atoms with van der Waals surface area (Å²) in [7, 11) is 0. The Morgan fingerprint density at radius 3 is 2.62 bits per heavy atom. The molecule has 0 spiro atoms. The van der Waals surface area contributed by atoms with Crippen LogP contribution in [0.25, 0.3) is 0 Å². The molecule has 0 unspecified atom stereocenters. The van der Waals surface area contributed by atoms with Gasteiger partial charge in [0.15, 0.2) is 0 Å². The maximum Gasteiger partial charge on any atom is 0.146 e. The number of hydrogen-bond acceptors (Lipinski definition) is 1. The summed E-state index contributed by atoms with van der Waals surface area (Å²) < 4.78 is 27.3. The number of benzene rings is 2. The van der Waals surface area contributed by atoms with E-state index in [0.717, 1.165) is 17.5 Å². The van der Waals surface area contributed by atoms with E-state index in [1.807, 2.05) is 6.07 Å². The molecule has 3 heteroatoms. The molecule has 1 nitrogen and oxygen atoms in total. The highest BCUT2D eigenvalue weighted by Crippen LogP contribution is 2.50. The van der Waals surface area contributed by atoms with Crippen LogP contribution in [-0.4, -0.2) is 0 Å². The van der Waals surface area contributed by atoms with Crippen molar-refractivity contribution >= 4 is 5.69 Å². The minimum Gasteiger partial charge on any atom is -0.375 e. The van der Waals surface area contributed by atoms with Crippen molar-refractivity contribution in [1.82, 2.24) is 0 Å². The van der Waals surface area contributed by atoms with Crippen molar-refractivity contribution in [3.8, 4) is 0 Å². The van der Waals surface area contributed by atoms with Crippen LogP contribution in [0, 0.1) is 17.6 Å². The van der Waals surface area contributed by atoms with Crippen LogP contribution in [0.3, 0.4) is 0 Å². The fourth-order valence-corrected chi connectivity index (χ4v) is 3.58. The molecule has 2 aromatic carbocycles. The fraction of sp³-hybridized carbons (Fsp3) is 0.222. The van der Waals surface area contributed by atoms with Crippen LogP contribution in [0.1, 0.15) is 29.5 Å². The molecule has 1 aliphatic carbocycles. The Morgan fingerprint density at radius 2 is 1.81 bits per heavy atom. The smallest absolute Gasteiger partial charge is 0.146 e. The maximum atomic E-state index is 14.1. The van der Waals surface area contributed by atoms with Crippen molar-refractivity contribution in [2.45, 2.75) is 18.4 Å². The minimum absolute atomic E-state index is 0.00926. The van der Waals surface area contributed by atoms with E-state index in [2.05, 4.69) is 17.5 Å². The largest absolute Gasteiger partial charge is 0.375 e. The van der Waals surface area contributed by atoms with E-state index < -0.39 is 0 Å². The van der Waals surface area contributed by atoms with E-state index in [1.165, 1.54) is 18.2 Å². The maximum absolute atomic E-state index is 14.1. The number of rotatable bonds is 1. The second kappa shape index (κ2) is 4.69. The van der Waals surface area contributed by atoms with Crippen LogP contribution in [0.5, 0.6) is 0 Å². The van der Waals surface area contributed by atoms with Gasteiger partial charge in [0.1, 0.15) is 11.6 Å². The zero-order valence-electron chi connectivity index (χ0n) is 11.4. The summed E-state index contributed by atoms with van der Waals surface area (Å²) in [6, 6.07) is 11.7. The molecule has 0 amide bonds. The quantitative estimate of drug-likeness (QED) is 0.742. The number of anilines is 1. The average molecular weight is 283 g/mol. The molecule has 2 aliphatic rings. The van der Waals surface area contributed by atoms with Gasteiger partial charge in [-0.25, -0.2) is 8.78 Å². The van der Waals surface area contributed by atoms with Crippen LogP contribution in [0.4, 0.5) is 14.5 Å². The third kappa shape index (κ3) is 1.96. The van der Waals surface area contributed by atoms with E-state index >= 15 is 0 Å². The van der Waals surface area contributed by atoms with Crippen molar-refractivity contribution in [3.63, 3.8) is 0 Å². The Morgan fingerprint density at radius 1 is 1.00 bits per heavy atom. The van der Waals surface area contributed by atoms with Crippen LogP contribution in [0.15, 0.2) is 54.6 Å². The Kier molecular flexibility index (Phi) is 2.81. The van der Waals surface area contributed by atoms with Gasteiger partial charge in [0, 0.05) is 5.92 Å². The summed E-state index contributed by atoms with van der Waals surface area (Å²) in [5.74, 6) is 0.109. The monoisotopic (exact) mass is 283 g/mol. The van der Waals surface area contributed by atoms with Crippen LogP contribution in [-0.2, 0) is 0 Å². The SMILES string of the molecule is Fc1ccc([C@@H]2Nc3c(F)cccc3[C@@H]3C=CC[C@@H]32)cc1. The van der Waals surface area contributed by atoms with Crippen LogP contribution < -0.4 is 5.32 Å². The fourth-order valence-electron chi connectivity index (χ4n) is 3.58. The molecule has 4 rings (SSSR count). The first kappa shape index (κ1) is 12.6. The third-order valence-corrected chi connectivity index (χ3v) is 4.58. The highest BCUT2D eigenvalue weighted by atomic mass is 19.1. The molecule has 3 atom stereocenters. The summed E-state index contributed by atoms with van der Waals surface area (Å²) in [5, 5.41) is 3.33. The van der Waals surface area contributed by atoms with Crippen LogP contribution >= 0.6 is 0 Å². The first-order chi connectivity index (χ1) is 10.2. The number of allylic oxidation sites excluding steroid dienone is 2. The number of hydrogen-bond donors (Lipinski definition) is 1. The number of halogens is 2. The molecule has 0 fully saturated rings. The van der Waals surface area contributed by atoms with Crippen molar-refractivity contribution in [1.29, 1.82) is 0 Å². The Hall–Kier alpha value is -2.16. The van der Waals surface area contributed by atoms with Crippen molar-refractivity contribution in [2.24, 2.45) is 5.92 Å². The second-order valence-corrected chi connectivity index (χ2v) is 5.73. The van der Waals surface area contributed by atoms with E-state index in [9.17, 15) is 8.78 Å². The van der Waals surface area contributed by atoms with Gasteiger partial charge in [0.25, 0.3) is 0 Å². The van der Waals surface area contributed by atoms with Gasteiger partial charge in [0.05, 0.1) is 11.7 Å². The zero-order chi connectivity index (χ0) is 14.4. The number of fused-ring (bicyclic) bond motifs is 3. The molecule has 0 saturated carbocycles. The molecule has 0 radical (unpaired) electrons. The molecule has 1 aliphatic heterocycles. The second-order valence-electron chi connectivity index (χ2n) is 5.73. The molecule has 0 bridgehead atoms. The van der Waals surface area contributed by atoms with E-state index in [4.69, 9.17) is 0 Å². The average Bonchev–Trinajstić information content (AvgIpc) is 2.98. The lowest BCUT2D eigenvalue weighted by Crippen LogP contribution is -2.29. The summed E-state index contributed by atoms with van der Waals surface area (Å²) >= 11 is 0. The molecule has 1 N–H and O–H groups in total. The molecule has 2 aromatic rings. The van der Waals surface area contributed by atoms with Crippen molar-refractivity contribution in [3.05, 3.63) is 77.4 Å². The summed E-state index contributed by atoms with van der Waals surface area (Å²) in [5.41, 5.74) is 2.61. The first-order valence-electron chi connectivity index (χ1n) is 7.21. The molecular formula is C18H15F2N. The van der Waals surface area contributed by atoms with Crippen molar-refractivity contribution in [2.75, 3.05) is 5.32 Å². The lowest BCUT2D eigenvalue weighted by Gasteiger charge is -2.37. The molecule has 21 heavy (non-hydrogen) atoms. The van der Waals surface area contributed by atoms with E-state index in [1.54, 1.807) is 18.2 Å². The van der Waals surface area contributed by atoms with Gasteiger partial charge in [-0.1, -0.05) is 36.4 Å². The first-order valence-corrected chi connectivity index (χ1v) is 7.21. The minimum atomic E-state index is -0.248.